The van der Waals surface area contributed by atoms with Gasteiger partial charge < -0.3 is 4.57 Å². The maximum Gasteiger partial charge on any atom is 0.268 e. The molecule has 0 N–H and O–H groups in total. The Kier molecular flexibility index (Phi) is 7.43. The lowest BCUT2D eigenvalue weighted by atomic mass is 10.1. The first-order valence-corrected chi connectivity index (χ1v) is 16.2. The minimum absolute atomic E-state index is 0.217. The van der Waals surface area contributed by atoms with Crippen LogP contribution in [0.3, 0.4) is 0 Å². The van der Waals surface area contributed by atoms with Crippen molar-refractivity contribution in [3.8, 4) is 0 Å². The van der Waals surface area contributed by atoms with Crippen LogP contribution in [0, 0.1) is 6.92 Å². The molecule has 5 aromatic rings. The predicted octanol–water partition coefficient (Wildman–Crippen LogP) is 7.43. The number of benzene rings is 4. The topological polar surface area (TPSA) is 56.1 Å². The maximum absolute atomic E-state index is 15.6. The standard InChI is InChI=1S/C32H32NO3PS/c1-3-4-19-32(37(34,27-14-7-5-8-15-27)28-16-9-6-10-17-28)31-24-26-13-11-12-18-30(26)33(31)38(35,36)29-22-20-25(2)21-23-29/h5-18,20-24,32H,3-4,19H2,1-2H3. The van der Waals surface area contributed by atoms with E-state index in [2.05, 4.69) is 6.92 Å². The zero-order chi connectivity index (χ0) is 26.8. The van der Waals surface area contributed by atoms with Gasteiger partial charge in [-0.3, -0.25) is 0 Å². The largest absolute Gasteiger partial charge is 0.313 e. The normalized spacial score (nSPS) is 13.0. The van der Waals surface area contributed by atoms with Crippen LogP contribution in [0.15, 0.2) is 120 Å². The SMILES string of the molecule is CCCCC(c1cc2ccccc2n1S(=O)(=O)c1ccc(C)cc1)P(=O)(c1ccccc1)c1ccccc1. The Balaban J connectivity index is 1.84. The van der Waals surface area contributed by atoms with Crippen molar-refractivity contribution in [2.75, 3.05) is 0 Å². The molecule has 0 bridgehead atoms. The van der Waals surface area contributed by atoms with Gasteiger partial charge in [0.05, 0.1) is 16.1 Å². The molecule has 1 atom stereocenters. The number of nitrogens with zero attached hydrogens (tertiary/aromatic N) is 1. The van der Waals surface area contributed by atoms with Gasteiger partial charge in [-0.1, -0.05) is 116 Å². The Hall–Kier alpha value is -3.40. The van der Waals surface area contributed by atoms with Crippen LogP contribution < -0.4 is 10.6 Å². The number of rotatable bonds is 9. The summed E-state index contributed by atoms with van der Waals surface area (Å²) in [7, 11) is -7.29. The summed E-state index contributed by atoms with van der Waals surface area (Å²) in [6.07, 6.45) is 2.32. The van der Waals surface area contributed by atoms with Gasteiger partial charge in [0.25, 0.3) is 10.0 Å². The molecule has 4 nitrogen and oxygen atoms in total. The van der Waals surface area contributed by atoms with Gasteiger partial charge in [-0.2, -0.15) is 0 Å². The molecule has 0 radical (unpaired) electrons. The minimum Gasteiger partial charge on any atom is -0.313 e. The molecule has 6 heteroatoms. The highest BCUT2D eigenvalue weighted by atomic mass is 32.2. The molecule has 1 heterocycles. The molecule has 0 aliphatic rings. The highest BCUT2D eigenvalue weighted by Crippen LogP contribution is 2.60. The molecule has 194 valence electrons. The van der Waals surface area contributed by atoms with Crippen LogP contribution >= 0.6 is 7.14 Å². The van der Waals surface area contributed by atoms with Crippen molar-refractivity contribution in [2.24, 2.45) is 0 Å². The summed E-state index contributed by atoms with van der Waals surface area (Å²) < 4.78 is 45.6. The fraction of sp³-hybridized carbons (Fsp3) is 0.188. The van der Waals surface area contributed by atoms with Gasteiger partial charge in [0.1, 0.15) is 0 Å². The number of fused-ring (bicyclic) bond motifs is 1. The van der Waals surface area contributed by atoms with Crippen LogP contribution in [0.2, 0.25) is 0 Å². The first kappa shape index (κ1) is 26.2. The van der Waals surface area contributed by atoms with Gasteiger partial charge >= 0.3 is 0 Å². The number of aryl methyl sites for hydroxylation is 1. The number of aromatic nitrogens is 1. The molecular weight excluding hydrogens is 509 g/mol. The number of para-hydroxylation sites is 1. The fourth-order valence-corrected chi connectivity index (χ4v) is 10.2. The van der Waals surface area contributed by atoms with Crippen molar-refractivity contribution in [1.82, 2.24) is 3.97 Å². The van der Waals surface area contributed by atoms with Gasteiger partial charge in [0, 0.05) is 21.7 Å². The molecule has 1 unspecified atom stereocenters. The lowest BCUT2D eigenvalue weighted by Crippen LogP contribution is -2.25. The number of hydrogen-bond donors (Lipinski definition) is 0. The Bertz CT molecular complexity index is 1650. The van der Waals surface area contributed by atoms with Crippen LogP contribution in [-0.4, -0.2) is 12.4 Å². The van der Waals surface area contributed by atoms with Gasteiger partial charge in [0.15, 0.2) is 7.14 Å². The predicted molar refractivity (Wildman–Crippen MR) is 158 cm³/mol. The van der Waals surface area contributed by atoms with Gasteiger partial charge in [0.2, 0.25) is 0 Å². The molecule has 5 rings (SSSR count). The van der Waals surface area contributed by atoms with E-state index in [4.69, 9.17) is 0 Å². The van der Waals surface area contributed by atoms with Crippen molar-refractivity contribution >= 4 is 38.7 Å². The lowest BCUT2D eigenvalue weighted by molar-refractivity contribution is 0.564. The van der Waals surface area contributed by atoms with E-state index in [-0.39, 0.29) is 4.90 Å². The summed E-state index contributed by atoms with van der Waals surface area (Å²) in [5, 5.41) is 2.28. The van der Waals surface area contributed by atoms with E-state index in [1.165, 1.54) is 3.97 Å². The van der Waals surface area contributed by atoms with E-state index in [1.54, 1.807) is 12.1 Å². The van der Waals surface area contributed by atoms with Crippen molar-refractivity contribution in [2.45, 2.75) is 43.7 Å². The van der Waals surface area contributed by atoms with E-state index in [9.17, 15) is 8.42 Å². The van der Waals surface area contributed by atoms with Crippen LogP contribution in [0.4, 0.5) is 0 Å². The Morgan fingerprint density at radius 3 is 1.89 bits per heavy atom. The molecule has 0 aliphatic carbocycles. The first-order valence-electron chi connectivity index (χ1n) is 13.0. The van der Waals surface area contributed by atoms with Crippen molar-refractivity contribution < 1.29 is 13.0 Å². The van der Waals surface area contributed by atoms with Crippen LogP contribution in [0.5, 0.6) is 0 Å². The number of unbranched alkanes of at least 4 members (excludes halogenated alkanes) is 1. The summed E-state index contributed by atoms with van der Waals surface area (Å²) in [4.78, 5) is 0.217. The van der Waals surface area contributed by atoms with Gasteiger partial charge in [-0.25, -0.2) is 12.4 Å². The number of hydrogen-bond acceptors (Lipinski definition) is 3. The summed E-state index contributed by atoms with van der Waals surface area (Å²) in [5.74, 6) is 0. The molecule has 0 aliphatic heterocycles. The summed E-state index contributed by atoms with van der Waals surface area (Å²) in [6, 6.07) is 35.5. The summed E-state index contributed by atoms with van der Waals surface area (Å²) in [6.45, 7) is 4.04. The Labute approximate surface area is 225 Å². The molecule has 38 heavy (non-hydrogen) atoms. The van der Waals surface area contributed by atoms with Crippen LogP contribution in [-0.2, 0) is 14.6 Å². The quantitative estimate of drug-likeness (QED) is 0.182. The second-order valence-electron chi connectivity index (χ2n) is 9.70. The van der Waals surface area contributed by atoms with Crippen molar-refractivity contribution in [3.05, 3.63) is 127 Å². The smallest absolute Gasteiger partial charge is 0.268 e. The summed E-state index contributed by atoms with van der Waals surface area (Å²) >= 11 is 0. The first-order chi connectivity index (χ1) is 18.4. The average molecular weight is 542 g/mol. The Morgan fingerprint density at radius 1 is 0.763 bits per heavy atom. The molecule has 1 aromatic heterocycles. The van der Waals surface area contributed by atoms with Crippen molar-refractivity contribution in [1.29, 1.82) is 0 Å². The molecule has 0 fully saturated rings. The molecule has 0 amide bonds. The van der Waals surface area contributed by atoms with Gasteiger partial charge in [-0.05, 0) is 37.6 Å². The fourth-order valence-electron chi connectivity index (χ4n) is 5.19. The highest BCUT2D eigenvalue weighted by Gasteiger charge is 2.41. The van der Waals surface area contributed by atoms with E-state index in [1.807, 2.05) is 110 Å². The highest BCUT2D eigenvalue weighted by molar-refractivity contribution is 7.90. The third-order valence-electron chi connectivity index (χ3n) is 7.14. The third-order valence-corrected chi connectivity index (χ3v) is 12.4. The second-order valence-corrected chi connectivity index (χ2v) is 14.5. The molecule has 4 aromatic carbocycles. The Morgan fingerprint density at radius 2 is 1.32 bits per heavy atom. The zero-order valence-electron chi connectivity index (χ0n) is 21.7. The van der Waals surface area contributed by atoms with E-state index < -0.39 is 22.8 Å². The van der Waals surface area contributed by atoms with Gasteiger partial charge in [-0.15, -0.1) is 0 Å². The molecule has 0 spiro atoms. The average Bonchev–Trinajstić information content (AvgIpc) is 3.34. The maximum atomic E-state index is 15.6. The van der Waals surface area contributed by atoms with E-state index >= 15 is 4.57 Å². The van der Waals surface area contributed by atoms with Crippen LogP contribution in [0.1, 0.15) is 43.1 Å². The molecule has 0 saturated heterocycles. The van der Waals surface area contributed by atoms with Crippen LogP contribution in [0.25, 0.3) is 10.9 Å². The lowest BCUT2D eigenvalue weighted by Gasteiger charge is -2.30. The van der Waals surface area contributed by atoms with E-state index in [0.29, 0.717) is 17.6 Å². The third kappa shape index (κ3) is 4.66. The van der Waals surface area contributed by atoms with Crippen molar-refractivity contribution in [3.63, 3.8) is 0 Å². The summed E-state index contributed by atoms with van der Waals surface area (Å²) in [5.41, 5.74) is 1.62. The zero-order valence-corrected chi connectivity index (χ0v) is 23.4. The second kappa shape index (κ2) is 10.8. The monoisotopic (exact) mass is 541 g/mol. The molecule has 0 saturated carbocycles. The minimum atomic E-state index is -3.97. The molecular formula is C32H32NO3PS. The van der Waals surface area contributed by atoms with E-state index in [0.717, 1.165) is 34.4 Å².